The van der Waals surface area contributed by atoms with E-state index in [4.69, 9.17) is 5.10 Å². The second-order valence-electron chi connectivity index (χ2n) is 5.51. The van der Waals surface area contributed by atoms with Crippen LogP contribution in [0, 0.1) is 6.92 Å². The molecule has 1 aliphatic rings. The zero-order chi connectivity index (χ0) is 14.4. The Morgan fingerprint density at radius 1 is 1.38 bits per heavy atom. The highest BCUT2D eigenvalue weighted by molar-refractivity contribution is 7.09. The third-order valence-corrected chi connectivity index (χ3v) is 4.90. The third kappa shape index (κ3) is 2.08. The fourth-order valence-electron chi connectivity index (χ4n) is 3.02. The molecule has 3 aromatic heterocycles. The molecule has 108 valence electrons. The summed E-state index contributed by atoms with van der Waals surface area (Å²) in [6, 6.07) is 2.39. The molecule has 21 heavy (non-hydrogen) atoms. The Morgan fingerprint density at radius 2 is 2.19 bits per heavy atom. The first-order valence-electron chi connectivity index (χ1n) is 7.13. The molecule has 0 saturated heterocycles. The van der Waals surface area contributed by atoms with Crippen molar-refractivity contribution >= 4 is 22.6 Å². The average Bonchev–Trinajstić information content (AvgIpc) is 3.16. The van der Waals surface area contributed by atoms with E-state index in [9.17, 15) is 4.79 Å². The molecule has 4 rings (SSSR count). The van der Waals surface area contributed by atoms with Crippen LogP contribution in [-0.4, -0.2) is 24.1 Å². The number of aryl methyl sites for hydroxylation is 1. The minimum atomic E-state index is -0.325. The van der Waals surface area contributed by atoms with Gasteiger partial charge in [0, 0.05) is 6.20 Å². The van der Waals surface area contributed by atoms with Gasteiger partial charge in [-0.05, 0) is 37.4 Å². The summed E-state index contributed by atoms with van der Waals surface area (Å²) in [5, 5.41) is 5.67. The van der Waals surface area contributed by atoms with Crippen LogP contribution in [0.15, 0.2) is 17.1 Å². The van der Waals surface area contributed by atoms with E-state index in [0.29, 0.717) is 6.04 Å². The lowest BCUT2D eigenvalue weighted by molar-refractivity contribution is 0.479. The number of hydrogen-bond donors (Lipinski definition) is 1. The Labute approximate surface area is 125 Å². The normalized spacial score (nSPS) is 16.0. The fourth-order valence-corrected chi connectivity index (χ4v) is 3.78. The van der Waals surface area contributed by atoms with E-state index >= 15 is 0 Å². The summed E-state index contributed by atoms with van der Waals surface area (Å²) in [6.07, 6.45) is 6.29. The molecular formula is C14H15N5OS. The maximum Gasteiger partial charge on any atom is 0.346 e. The predicted octanol–water partition coefficient (Wildman–Crippen LogP) is 2.67. The first-order chi connectivity index (χ1) is 10.2. The number of fused-ring (bicyclic) bond motifs is 1. The average molecular weight is 301 g/mol. The molecule has 0 aliphatic heterocycles. The lowest BCUT2D eigenvalue weighted by Crippen LogP contribution is -2.13. The zero-order valence-corrected chi connectivity index (χ0v) is 12.5. The van der Waals surface area contributed by atoms with Gasteiger partial charge in [0.25, 0.3) is 0 Å². The molecule has 0 aromatic carbocycles. The van der Waals surface area contributed by atoms with Gasteiger partial charge in [-0.25, -0.2) is 14.5 Å². The van der Waals surface area contributed by atoms with Crippen molar-refractivity contribution in [2.24, 2.45) is 0 Å². The molecule has 3 aromatic rings. The van der Waals surface area contributed by atoms with E-state index in [0.717, 1.165) is 40.1 Å². The van der Waals surface area contributed by atoms with Gasteiger partial charge in [-0.15, -0.1) is 0 Å². The second kappa shape index (κ2) is 4.77. The Kier molecular flexibility index (Phi) is 2.88. The molecule has 0 bridgehead atoms. The van der Waals surface area contributed by atoms with Gasteiger partial charge in [-0.3, -0.25) is 4.98 Å². The lowest BCUT2D eigenvalue weighted by Gasteiger charge is -2.10. The van der Waals surface area contributed by atoms with Gasteiger partial charge >= 0.3 is 5.69 Å². The molecule has 1 aliphatic carbocycles. The van der Waals surface area contributed by atoms with Crippen LogP contribution in [0.5, 0.6) is 0 Å². The molecule has 1 N–H and O–H groups in total. The summed E-state index contributed by atoms with van der Waals surface area (Å²) in [6.45, 7) is 1.97. The standard InChI is InChI=1S/C14H15N5OS/c1-8-6-11(21-18-8)12-10-7-15-14(20)16-13(10)19(17-12)9-4-2-3-5-9/h6-7,9H,2-5H2,1H3,(H,15,16,20). The van der Waals surface area contributed by atoms with Gasteiger partial charge in [0.15, 0.2) is 0 Å². The van der Waals surface area contributed by atoms with Gasteiger partial charge in [-0.2, -0.15) is 9.47 Å². The number of aromatic nitrogens is 5. The molecule has 1 fully saturated rings. The van der Waals surface area contributed by atoms with Crippen molar-refractivity contribution in [1.82, 2.24) is 24.1 Å². The number of H-pyrrole nitrogens is 1. The van der Waals surface area contributed by atoms with Crippen molar-refractivity contribution in [3.05, 3.63) is 28.4 Å². The van der Waals surface area contributed by atoms with Gasteiger partial charge in [0.05, 0.1) is 22.0 Å². The Hall–Kier alpha value is -2.02. The number of nitrogens with one attached hydrogen (secondary N) is 1. The highest BCUT2D eigenvalue weighted by Crippen LogP contribution is 2.35. The summed E-state index contributed by atoms with van der Waals surface area (Å²) in [5.41, 5.74) is 2.30. The molecule has 0 unspecified atom stereocenters. The van der Waals surface area contributed by atoms with Crippen LogP contribution in [0.2, 0.25) is 0 Å². The monoisotopic (exact) mass is 301 g/mol. The van der Waals surface area contributed by atoms with E-state index in [1.54, 1.807) is 6.20 Å². The van der Waals surface area contributed by atoms with Crippen molar-refractivity contribution in [3.8, 4) is 10.6 Å². The van der Waals surface area contributed by atoms with E-state index < -0.39 is 0 Å². The van der Waals surface area contributed by atoms with Gasteiger partial charge in [0.2, 0.25) is 0 Å². The van der Waals surface area contributed by atoms with Crippen LogP contribution in [0.25, 0.3) is 21.6 Å². The molecule has 0 amide bonds. The van der Waals surface area contributed by atoms with Gasteiger partial charge in [-0.1, -0.05) is 12.8 Å². The largest absolute Gasteiger partial charge is 0.346 e. The van der Waals surface area contributed by atoms with E-state index in [-0.39, 0.29) is 5.69 Å². The van der Waals surface area contributed by atoms with Gasteiger partial charge in [0.1, 0.15) is 11.3 Å². The Bertz CT molecular complexity index is 856. The summed E-state index contributed by atoms with van der Waals surface area (Å²) < 4.78 is 6.31. The maximum absolute atomic E-state index is 11.6. The molecule has 0 radical (unpaired) electrons. The predicted molar refractivity (Wildman–Crippen MR) is 81.5 cm³/mol. The summed E-state index contributed by atoms with van der Waals surface area (Å²) in [4.78, 5) is 19.3. The lowest BCUT2D eigenvalue weighted by atomic mass is 10.2. The summed E-state index contributed by atoms with van der Waals surface area (Å²) in [5.74, 6) is 0. The number of nitrogens with zero attached hydrogens (tertiary/aromatic N) is 4. The topological polar surface area (TPSA) is 76.5 Å². The van der Waals surface area contributed by atoms with E-state index in [2.05, 4.69) is 14.3 Å². The second-order valence-corrected chi connectivity index (χ2v) is 6.32. The minimum absolute atomic E-state index is 0.325. The van der Waals surface area contributed by atoms with Crippen molar-refractivity contribution in [3.63, 3.8) is 0 Å². The van der Waals surface area contributed by atoms with Crippen LogP contribution in [-0.2, 0) is 0 Å². The first-order valence-corrected chi connectivity index (χ1v) is 7.91. The van der Waals surface area contributed by atoms with Crippen LogP contribution in [0.1, 0.15) is 37.4 Å². The van der Waals surface area contributed by atoms with Crippen LogP contribution < -0.4 is 5.69 Å². The summed E-state index contributed by atoms with van der Waals surface area (Å²) in [7, 11) is 0. The van der Waals surface area contributed by atoms with Crippen LogP contribution >= 0.6 is 11.5 Å². The minimum Gasteiger partial charge on any atom is -0.290 e. The highest BCUT2D eigenvalue weighted by Gasteiger charge is 2.23. The zero-order valence-electron chi connectivity index (χ0n) is 11.7. The first kappa shape index (κ1) is 12.7. The molecule has 0 spiro atoms. The van der Waals surface area contributed by atoms with Crippen molar-refractivity contribution in [2.75, 3.05) is 0 Å². The fraction of sp³-hybridized carbons (Fsp3) is 0.429. The molecule has 1 saturated carbocycles. The number of hydrogen-bond acceptors (Lipinski definition) is 5. The van der Waals surface area contributed by atoms with Crippen molar-refractivity contribution < 1.29 is 0 Å². The third-order valence-electron chi connectivity index (χ3n) is 4.02. The Morgan fingerprint density at radius 3 is 2.90 bits per heavy atom. The summed E-state index contributed by atoms with van der Waals surface area (Å²) >= 11 is 1.43. The highest BCUT2D eigenvalue weighted by atomic mass is 32.1. The van der Waals surface area contributed by atoms with Crippen molar-refractivity contribution in [2.45, 2.75) is 38.6 Å². The number of rotatable bonds is 2. The molecule has 6 nitrogen and oxygen atoms in total. The van der Waals surface area contributed by atoms with Crippen LogP contribution in [0.3, 0.4) is 0 Å². The Balaban J connectivity index is 1.97. The molecule has 0 atom stereocenters. The quantitative estimate of drug-likeness (QED) is 0.789. The number of aromatic amines is 1. The maximum atomic E-state index is 11.6. The van der Waals surface area contributed by atoms with Gasteiger partial charge < -0.3 is 0 Å². The van der Waals surface area contributed by atoms with Crippen LogP contribution in [0.4, 0.5) is 0 Å². The smallest absolute Gasteiger partial charge is 0.290 e. The molecule has 7 heteroatoms. The SMILES string of the molecule is Cc1cc(-c2nn(C3CCCC3)c3[nH]c(=O)ncc23)sn1. The van der Waals surface area contributed by atoms with E-state index in [1.165, 1.54) is 24.4 Å². The van der Waals surface area contributed by atoms with Crippen molar-refractivity contribution in [1.29, 1.82) is 0 Å². The molecular weight excluding hydrogens is 286 g/mol. The van der Waals surface area contributed by atoms with E-state index in [1.807, 2.05) is 17.7 Å². The molecule has 3 heterocycles.